The van der Waals surface area contributed by atoms with Crippen molar-refractivity contribution in [2.75, 3.05) is 10.6 Å². The molecule has 3 aromatic rings. The van der Waals surface area contributed by atoms with Gasteiger partial charge >= 0.3 is 18.2 Å². The number of aryl methyl sites for hydroxylation is 1. The van der Waals surface area contributed by atoms with Crippen LogP contribution in [0.4, 0.5) is 41.8 Å². The fourth-order valence-corrected chi connectivity index (χ4v) is 5.70. The predicted molar refractivity (Wildman–Crippen MR) is 153 cm³/mol. The number of nitrogens with one attached hydrogen (secondary N) is 2. The summed E-state index contributed by atoms with van der Waals surface area (Å²) in [7, 11) is 1.54. The minimum Gasteiger partial charge on any atom is -0.444 e. The summed E-state index contributed by atoms with van der Waals surface area (Å²) < 4.78 is 88.6. The number of thiazole rings is 1. The maximum Gasteiger partial charge on any atom is 0.473 e. The van der Waals surface area contributed by atoms with Gasteiger partial charge in [-0.05, 0) is 58.6 Å². The van der Waals surface area contributed by atoms with E-state index in [1.807, 2.05) is 0 Å². The molecule has 0 radical (unpaired) electrons. The number of amides is 3. The summed E-state index contributed by atoms with van der Waals surface area (Å²) in [5, 5.41) is 8.73. The summed E-state index contributed by atoms with van der Waals surface area (Å²) in [6.07, 6.45) is -7.04. The number of aromatic nitrogens is 3. The van der Waals surface area contributed by atoms with Gasteiger partial charge in [-0.2, -0.15) is 18.3 Å². The van der Waals surface area contributed by atoms with Crippen LogP contribution in [-0.2, 0) is 16.6 Å². The topological polar surface area (TPSA) is 128 Å². The number of rotatable bonds is 5. The second-order valence-corrected chi connectivity index (χ2v) is 12.1. The predicted octanol–water partition coefficient (Wildman–Crippen LogP) is 6.95. The van der Waals surface area contributed by atoms with Gasteiger partial charge in [0.2, 0.25) is 0 Å². The molecule has 2 aromatic heterocycles. The number of carbonyl (C=O) groups excluding carboxylic acids is 3. The molecule has 4 rings (SSSR count). The van der Waals surface area contributed by atoms with Crippen LogP contribution in [0.25, 0.3) is 10.6 Å². The summed E-state index contributed by atoms with van der Waals surface area (Å²) in [6.45, 7) is 4.83. The van der Waals surface area contributed by atoms with Gasteiger partial charge < -0.3 is 10.1 Å². The van der Waals surface area contributed by atoms with Crippen molar-refractivity contribution < 1.29 is 45.5 Å². The Hall–Kier alpha value is -4.28. The first-order valence-corrected chi connectivity index (χ1v) is 14.4. The molecular weight excluding hydrogens is 630 g/mol. The number of benzene rings is 1. The zero-order valence-corrected chi connectivity index (χ0v) is 25.2. The van der Waals surface area contributed by atoms with Crippen molar-refractivity contribution in [1.29, 1.82) is 0 Å². The highest BCUT2D eigenvalue weighted by Gasteiger charge is 2.40. The highest BCUT2D eigenvalue weighted by molar-refractivity contribution is 7.19. The minimum atomic E-state index is -5.23. The third-order valence-electron chi connectivity index (χ3n) is 6.62. The molecule has 2 atom stereocenters. The van der Waals surface area contributed by atoms with Gasteiger partial charge in [0.1, 0.15) is 33.4 Å². The van der Waals surface area contributed by atoms with Gasteiger partial charge in [0.25, 0.3) is 5.91 Å². The van der Waals surface area contributed by atoms with Gasteiger partial charge in [0, 0.05) is 13.0 Å². The third-order valence-corrected chi connectivity index (χ3v) is 7.61. The van der Waals surface area contributed by atoms with Crippen LogP contribution in [0.1, 0.15) is 68.6 Å². The molecular formula is C28H28F6N6O4S. The van der Waals surface area contributed by atoms with E-state index in [-0.39, 0.29) is 41.4 Å². The molecule has 0 spiro atoms. The smallest absolute Gasteiger partial charge is 0.444 e. The number of ether oxygens (including phenoxy) is 1. The Morgan fingerprint density at radius 3 is 2.36 bits per heavy atom. The molecule has 0 bridgehead atoms. The van der Waals surface area contributed by atoms with Gasteiger partial charge in [-0.1, -0.05) is 17.4 Å². The molecule has 242 valence electrons. The summed E-state index contributed by atoms with van der Waals surface area (Å²) in [4.78, 5) is 44.5. The van der Waals surface area contributed by atoms with Crippen molar-refractivity contribution >= 4 is 45.6 Å². The van der Waals surface area contributed by atoms with Crippen LogP contribution in [0.2, 0.25) is 0 Å². The second-order valence-electron chi connectivity index (χ2n) is 11.1. The van der Waals surface area contributed by atoms with E-state index in [4.69, 9.17) is 4.74 Å². The maximum absolute atomic E-state index is 14.7. The number of anilines is 2. The van der Waals surface area contributed by atoms with Crippen molar-refractivity contribution in [3.63, 3.8) is 0 Å². The molecule has 1 unspecified atom stereocenters. The lowest BCUT2D eigenvalue weighted by molar-refractivity contribution is -0.169. The second kappa shape index (κ2) is 13.0. The number of hydrogen-bond acceptors (Lipinski definition) is 7. The van der Waals surface area contributed by atoms with Gasteiger partial charge in [-0.25, -0.2) is 27.9 Å². The number of carbonyl (C=O) groups is 3. The first kappa shape index (κ1) is 33.6. The monoisotopic (exact) mass is 658 g/mol. The number of alkyl halides is 4. The number of aliphatic imine (C=N–C) groups is 1. The summed E-state index contributed by atoms with van der Waals surface area (Å²) >= 11 is 0.634. The normalized spacial score (nSPS) is 18.4. The minimum absolute atomic E-state index is 0.0889. The van der Waals surface area contributed by atoms with E-state index in [0.717, 1.165) is 18.2 Å². The Morgan fingerprint density at radius 1 is 1.07 bits per heavy atom. The van der Waals surface area contributed by atoms with E-state index in [1.165, 1.54) is 10.9 Å². The molecule has 1 saturated carbocycles. The Labute approximate surface area is 256 Å². The van der Waals surface area contributed by atoms with E-state index in [2.05, 4.69) is 25.7 Å². The number of hydrogen-bond donors (Lipinski definition) is 2. The van der Waals surface area contributed by atoms with Gasteiger partial charge in [-0.3, -0.25) is 19.6 Å². The zero-order valence-electron chi connectivity index (χ0n) is 24.4. The van der Waals surface area contributed by atoms with Gasteiger partial charge in [0.05, 0.1) is 28.9 Å². The van der Waals surface area contributed by atoms with Crippen molar-refractivity contribution in [2.24, 2.45) is 12.0 Å². The molecule has 0 saturated heterocycles. The SMILES string of the molecule is Cn1ncc(NC(=O)c2nc(-c3c(F)cccc3F)sc2NC(=O)OC(C)(C)C)c1C1CCC(=NC(=O)C(F)(F)F)[C@@H](F)CC1. The molecule has 2 N–H and O–H groups in total. The first-order chi connectivity index (χ1) is 20.9. The summed E-state index contributed by atoms with van der Waals surface area (Å²) in [5.41, 5.74) is -1.80. The lowest BCUT2D eigenvalue weighted by atomic mass is 9.95. The molecule has 2 heterocycles. The Balaban J connectivity index is 1.64. The highest BCUT2D eigenvalue weighted by Crippen LogP contribution is 2.38. The largest absolute Gasteiger partial charge is 0.473 e. The Kier molecular flexibility index (Phi) is 9.70. The van der Waals surface area contributed by atoms with Crippen molar-refractivity contribution in [3.05, 3.63) is 47.4 Å². The van der Waals surface area contributed by atoms with Gasteiger partial charge in [0.15, 0.2) is 5.69 Å². The fourth-order valence-electron chi connectivity index (χ4n) is 4.70. The zero-order chi connectivity index (χ0) is 33.3. The van der Waals surface area contributed by atoms with E-state index in [1.54, 1.807) is 27.8 Å². The van der Waals surface area contributed by atoms with E-state index >= 15 is 0 Å². The molecule has 45 heavy (non-hydrogen) atoms. The maximum atomic E-state index is 14.7. The van der Waals surface area contributed by atoms with E-state index < -0.39 is 70.4 Å². The Morgan fingerprint density at radius 2 is 1.73 bits per heavy atom. The van der Waals surface area contributed by atoms with Crippen molar-refractivity contribution in [2.45, 2.75) is 70.3 Å². The third kappa shape index (κ3) is 8.06. The van der Waals surface area contributed by atoms with Crippen LogP contribution in [-0.4, -0.2) is 56.3 Å². The quantitative estimate of drug-likeness (QED) is 0.226. The standard InChI is InChI=1S/C28H28F6N6O4S/c1-27(2,3)44-26(43)39-24-20(38-23(45-24)19-15(30)6-5-7-16(19)31)22(41)36-18-12-35-40(4)21(18)13-8-10-14(29)17(11-9-13)37-25(42)28(32,33)34/h5-7,12-14H,8-11H2,1-4H3,(H,36,41)(H,39,43)/t13?,14-/m0/s1. The van der Waals surface area contributed by atoms with Crippen molar-refractivity contribution in [3.8, 4) is 10.6 Å². The molecule has 0 aliphatic heterocycles. The fraction of sp³-hybridized carbons (Fsp3) is 0.429. The van der Waals surface area contributed by atoms with Crippen LogP contribution in [0.15, 0.2) is 29.4 Å². The lowest BCUT2D eigenvalue weighted by Crippen LogP contribution is -2.27. The van der Waals surface area contributed by atoms with Gasteiger partial charge in [-0.15, -0.1) is 0 Å². The molecule has 1 aromatic carbocycles. The van der Waals surface area contributed by atoms with Crippen LogP contribution >= 0.6 is 11.3 Å². The van der Waals surface area contributed by atoms with Crippen molar-refractivity contribution in [1.82, 2.24) is 14.8 Å². The molecule has 3 amide bonds. The number of halogens is 6. The molecule has 1 fully saturated rings. The molecule has 1 aliphatic rings. The molecule has 17 heteroatoms. The first-order valence-electron chi connectivity index (χ1n) is 13.6. The van der Waals surface area contributed by atoms with Crippen LogP contribution in [0.5, 0.6) is 0 Å². The summed E-state index contributed by atoms with van der Waals surface area (Å²) in [6, 6.07) is 3.17. The van der Waals surface area contributed by atoms with E-state index in [9.17, 15) is 40.7 Å². The number of nitrogens with zero attached hydrogens (tertiary/aromatic N) is 4. The average Bonchev–Trinajstić information content (AvgIpc) is 3.43. The summed E-state index contributed by atoms with van der Waals surface area (Å²) in [5.74, 6) is -5.70. The van der Waals surface area contributed by atoms with Crippen LogP contribution in [0.3, 0.4) is 0 Å². The van der Waals surface area contributed by atoms with Crippen LogP contribution in [0, 0.1) is 11.6 Å². The Bertz CT molecular complexity index is 1620. The molecule has 1 aliphatic carbocycles. The highest BCUT2D eigenvalue weighted by atomic mass is 32.1. The average molecular weight is 659 g/mol. The molecule has 10 nitrogen and oxygen atoms in total. The lowest BCUT2D eigenvalue weighted by Gasteiger charge is -2.19. The van der Waals surface area contributed by atoms with E-state index in [0.29, 0.717) is 17.0 Å². The van der Waals surface area contributed by atoms with Crippen LogP contribution < -0.4 is 10.6 Å².